The van der Waals surface area contributed by atoms with Gasteiger partial charge in [-0.2, -0.15) is 4.31 Å². The molecule has 2 aliphatic heterocycles. The summed E-state index contributed by atoms with van der Waals surface area (Å²) in [5, 5.41) is 0. The first-order valence-electron chi connectivity index (χ1n) is 10.1. The smallest absolute Gasteiger partial charge is 0.354 e. The maximum Gasteiger partial charge on any atom is 0.354 e. The second-order valence-corrected chi connectivity index (χ2v) is 9.43. The number of hydrogen-bond donors (Lipinski definition) is 0. The topological polar surface area (TPSA) is 88.9 Å². The van der Waals surface area contributed by atoms with Crippen LogP contribution in [0.15, 0.2) is 41.4 Å². The fourth-order valence-corrected chi connectivity index (χ4v) is 5.96. The SMILES string of the molecule is CCOC(=O)c1cc(S(=O)(=O)N2CCC[C@H]2C(=O)N2CCc3ccccc32)cn1C. The lowest BCUT2D eigenvalue weighted by molar-refractivity contribution is -0.121. The third kappa shape index (κ3) is 3.41. The molecule has 0 radical (unpaired) electrons. The average Bonchev–Trinajstić information content (AvgIpc) is 3.45. The lowest BCUT2D eigenvalue weighted by Crippen LogP contribution is -2.47. The van der Waals surface area contributed by atoms with Gasteiger partial charge in [0, 0.05) is 32.0 Å². The first-order chi connectivity index (χ1) is 14.3. The predicted molar refractivity (Wildman–Crippen MR) is 111 cm³/mol. The van der Waals surface area contributed by atoms with Gasteiger partial charge in [-0.25, -0.2) is 13.2 Å². The van der Waals surface area contributed by atoms with Crippen molar-refractivity contribution in [1.29, 1.82) is 0 Å². The molecular formula is C21H25N3O5S. The van der Waals surface area contributed by atoms with Crippen molar-refractivity contribution < 1.29 is 22.7 Å². The molecule has 0 bridgehead atoms. The Balaban J connectivity index is 1.61. The number of esters is 1. The number of ether oxygens (including phenoxy) is 1. The first-order valence-corrected chi connectivity index (χ1v) is 11.5. The summed E-state index contributed by atoms with van der Waals surface area (Å²) in [4.78, 5) is 27.1. The second-order valence-electron chi connectivity index (χ2n) is 7.53. The number of nitrogens with zero attached hydrogens (tertiary/aromatic N) is 3. The monoisotopic (exact) mass is 431 g/mol. The van der Waals surface area contributed by atoms with Gasteiger partial charge in [-0.15, -0.1) is 0 Å². The van der Waals surface area contributed by atoms with E-state index in [0.29, 0.717) is 19.4 Å². The molecule has 0 aliphatic carbocycles. The number of benzene rings is 1. The Kier molecular flexibility index (Phi) is 5.42. The molecule has 3 heterocycles. The van der Waals surface area contributed by atoms with E-state index in [-0.39, 0.29) is 29.6 Å². The van der Waals surface area contributed by atoms with Crippen LogP contribution in [0.4, 0.5) is 5.69 Å². The van der Waals surface area contributed by atoms with Gasteiger partial charge < -0.3 is 14.2 Å². The zero-order valence-electron chi connectivity index (χ0n) is 17.1. The number of para-hydroxylation sites is 1. The number of carbonyl (C=O) groups excluding carboxylic acids is 2. The molecule has 30 heavy (non-hydrogen) atoms. The van der Waals surface area contributed by atoms with Gasteiger partial charge in [0.15, 0.2) is 0 Å². The lowest BCUT2D eigenvalue weighted by atomic mass is 10.1. The number of fused-ring (bicyclic) bond motifs is 1. The van der Waals surface area contributed by atoms with Crippen molar-refractivity contribution in [2.24, 2.45) is 7.05 Å². The van der Waals surface area contributed by atoms with Gasteiger partial charge in [0.1, 0.15) is 16.6 Å². The number of hydrogen-bond acceptors (Lipinski definition) is 5. The number of aryl methyl sites for hydroxylation is 1. The number of sulfonamides is 1. The summed E-state index contributed by atoms with van der Waals surface area (Å²) in [5.74, 6) is -0.772. The molecule has 0 spiro atoms. The predicted octanol–water partition coefficient (Wildman–Crippen LogP) is 1.94. The minimum atomic E-state index is -3.93. The molecule has 0 unspecified atom stereocenters. The molecule has 1 aromatic heterocycles. The number of carbonyl (C=O) groups is 2. The van der Waals surface area contributed by atoms with Crippen molar-refractivity contribution in [1.82, 2.24) is 8.87 Å². The van der Waals surface area contributed by atoms with E-state index in [4.69, 9.17) is 4.74 Å². The maximum atomic E-state index is 13.3. The van der Waals surface area contributed by atoms with Crippen LogP contribution < -0.4 is 4.90 Å². The zero-order valence-corrected chi connectivity index (χ0v) is 17.9. The van der Waals surface area contributed by atoms with Crippen LogP contribution in [-0.2, 0) is 33.0 Å². The van der Waals surface area contributed by atoms with Gasteiger partial charge in [0.2, 0.25) is 15.9 Å². The Morgan fingerprint density at radius 1 is 1.20 bits per heavy atom. The van der Waals surface area contributed by atoms with Gasteiger partial charge in [-0.3, -0.25) is 4.79 Å². The van der Waals surface area contributed by atoms with Crippen molar-refractivity contribution >= 4 is 27.6 Å². The fourth-order valence-electron chi connectivity index (χ4n) is 4.24. The summed E-state index contributed by atoms with van der Waals surface area (Å²) in [6.07, 6.45) is 3.26. The fraction of sp³-hybridized carbons (Fsp3) is 0.429. The van der Waals surface area contributed by atoms with Crippen LogP contribution in [0.2, 0.25) is 0 Å². The van der Waals surface area contributed by atoms with Crippen LogP contribution >= 0.6 is 0 Å². The molecule has 8 nitrogen and oxygen atoms in total. The number of aromatic nitrogens is 1. The van der Waals surface area contributed by atoms with Crippen molar-refractivity contribution in [2.75, 3.05) is 24.6 Å². The Morgan fingerprint density at radius 2 is 1.97 bits per heavy atom. The molecule has 1 saturated heterocycles. The molecule has 0 saturated carbocycles. The number of amides is 1. The standard InChI is InChI=1S/C21H25N3O5S/c1-3-29-21(26)19-13-16(14-22(19)2)30(27,28)24-11-6-9-18(24)20(25)23-12-10-15-7-4-5-8-17(15)23/h4-5,7-8,13-14,18H,3,6,9-12H2,1-2H3/t18-/m0/s1. The van der Waals surface area contributed by atoms with Gasteiger partial charge in [0.25, 0.3) is 0 Å². The van der Waals surface area contributed by atoms with E-state index in [9.17, 15) is 18.0 Å². The highest BCUT2D eigenvalue weighted by atomic mass is 32.2. The zero-order chi connectivity index (χ0) is 21.5. The van der Waals surface area contributed by atoms with E-state index in [0.717, 1.165) is 17.7 Å². The van der Waals surface area contributed by atoms with Crippen LogP contribution in [-0.4, -0.2) is 54.9 Å². The molecule has 4 rings (SSSR count). The van der Waals surface area contributed by atoms with E-state index in [1.807, 2.05) is 24.3 Å². The molecule has 160 valence electrons. The molecular weight excluding hydrogens is 406 g/mol. The Morgan fingerprint density at radius 3 is 2.73 bits per heavy atom. The maximum absolute atomic E-state index is 13.3. The van der Waals surface area contributed by atoms with Gasteiger partial charge in [-0.1, -0.05) is 18.2 Å². The third-order valence-corrected chi connectivity index (χ3v) is 7.59. The lowest BCUT2D eigenvalue weighted by Gasteiger charge is -2.27. The van der Waals surface area contributed by atoms with Gasteiger partial charge in [0.05, 0.1) is 6.61 Å². The largest absolute Gasteiger partial charge is 0.461 e. The van der Waals surface area contributed by atoms with Gasteiger partial charge in [-0.05, 0) is 43.9 Å². The van der Waals surface area contributed by atoms with Crippen molar-refractivity contribution in [3.05, 3.63) is 47.8 Å². The minimum Gasteiger partial charge on any atom is -0.461 e. The molecule has 9 heteroatoms. The van der Waals surface area contributed by atoms with Crippen molar-refractivity contribution in [2.45, 2.75) is 37.1 Å². The Hall–Kier alpha value is -2.65. The highest BCUT2D eigenvalue weighted by molar-refractivity contribution is 7.89. The normalized spacial score (nSPS) is 19.1. The average molecular weight is 432 g/mol. The highest BCUT2D eigenvalue weighted by Gasteiger charge is 2.43. The molecule has 2 aliphatic rings. The molecule has 1 atom stereocenters. The molecule has 1 aromatic carbocycles. The molecule has 0 N–H and O–H groups in total. The van der Waals surface area contributed by atoms with Crippen molar-refractivity contribution in [3.63, 3.8) is 0 Å². The van der Waals surface area contributed by atoms with Crippen LogP contribution in [0, 0.1) is 0 Å². The summed E-state index contributed by atoms with van der Waals surface area (Å²) in [6, 6.07) is 8.29. The summed E-state index contributed by atoms with van der Waals surface area (Å²) >= 11 is 0. The summed E-state index contributed by atoms with van der Waals surface area (Å²) in [7, 11) is -2.34. The van der Waals surface area contributed by atoms with E-state index < -0.39 is 22.0 Å². The van der Waals surface area contributed by atoms with Crippen LogP contribution in [0.25, 0.3) is 0 Å². The van der Waals surface area contributed by atoms with Crippen LogP contribution in [0.1, 0.15) is 35.8 Å². The second kappa shape index (κ2) is 7.88. The minimum absolute atomic E-state index is 0.00502. The number of rotatable bonds is 5. The molecule has 2 aromatic rings. The van der Waals surface area contributed by atoms with Crippen molar-refractivity contribution in [3.8, 4) is 0 Å². The Bertz CT molecular complexity index is 1090. The Labute approximate surface area is 176 Å². The van der Waals surface area contributed by atoms with E-state index in [1.165, 1.54) is 21.1 Å². The molecule has 1 amide bonds. The molecule has 1 fully saturated rings. The number of anilines is 1. The van der Waals surface area contributed by atoms with E-state index in [1.54, 1.807) is 18.9 Å². The summed E-state index contributed by atoms with van der Waals surface area (Å²) < 4.78 is 34.4. The summed E-state index contributed by atoms with van der Waals surface area (Å²) in [5.41, 5.74) is 2.11. The van der Waals surface area contributed by atoms with E-state index >= 15 is 0 Å². The van der Waals surface area contributed by atoms with Crippen LogP contribution in [0.3, 0.4) is 0 Å². The highest BCUT2D eigenvalue weighted by Crippen LogP contribution is 2.33. The van der Waals surface area contributed by atoms with Gasteiger partial charge >= 0.3 is 5.97 Å². The third-order valence-electron chi connectivity index (χ3n) is 5.71. The first kappa shape index (κ1) is 20.6. The summed E-state index contributed by atoms with van der Waals surface area (Å²) in [6.45, 7) is 2.72. The van der Waals surface area contributed by atoms with E-state index in [2.05, 4.69) is 0 Å². The quantitative estimate of drug-likeness (QED) is 0.675. The van der Waals surface area contributed by atoms with Crippen LogP contribution in [0.5, 0.6) is 0 Å².